The van der Waals surface area contributed by atoms with E-state index in [0.717, 1.165) is 11.1 Å². The number of hydrogen-bond acceptors (Lipinski definition) is 4. The highest BCUT2D eigenvalue weighted by Crippen LogP contribution is 2.33. The van der Waals surface area contributed by atoms with Gasteiger partial charge in [-0.3, -0.25) is 10.0 Å². The monoisotopic (exact) mass is 377 g/mol. The van der Waals surface area contributed by atoms with Crippen LogP contribution in [0.3, 0.4) is 0 Å². The number of rotatable bonds is 8. The molecule has 0 saturated heterocycles. The predicted octanol–water partition coefficient (Wildman–Crippen LogP) is 4.70. The molecule has 0 aromatic heterocycles. The normalized spacial score (nSPS) is 10.4. The van der Waals surface area contributed by atoms with Crippen molar-refractivity contribution in [3.8, 4) is 11.5 Å². The topological polar surface area (TPSA) is 59.0 Å². The van der Waals surface area contributed by atoms with Crippen LogP contribution in [-0.4, -0.2) is 22.7 Å². The molecule has 0 aliphatic rings. The molecular weight excluding hydrogens is 354 g/mol. The number of para-hydroxylation sites is 1. The summed E-state index contributed by atoms with van der Waals surface area (Å²) in [6.07, 6.45) is 0. The van der Waals surface area contributed by atoms with Gasteiger partial charge in [-0.1, -0.05) is 66.7 Å². The Morgan fingerprint density at radius 3 is 1.96 bits per heavy atom. The first-order valence-corrected chi connectivity index (χ1v) is 9.16. The number of ether oxygens (including phenoxy) is 2. The summed E-state index contributed by atoms with van der Waals surface area (Å²) in [5, 5.41) is 10.5. The molecule has 0 aliphatic heterocycles. The van der Waals surface area contributed by atoms with E-state index in [1.165, 1.54) is 0 Å². The minimum absolute atomic E-state index is 0.173. The van der Waals surface area contributed by atoms with E-state index in [0.29, 0.717) is 23.2 Å². The Bertz CT molecular complexity index is 897. The van der Waals surface area contributed by atoms with Crippen LogP contribution in [-0.2, 0) is 13.2 Å². The van der Waals surface area contributed by atoms with Gasteiger partial charge in [0.15, 0.2) is 11.5 Å². The van der Waals surface area contributed by atoms with Gasteiger partial charge in [0.2, 0.25) is 0 Å². The third-order valence-electron chi connectivity index (χ3n) is 4.21. The van der Waals surface area contributed by atoms with Crippen LogP contribution in [0.1, 0.15) is 28.4 Å². The molecule has 3 aromatic rings. The Hall–Kier alpha value is -3.31. The fourth-order valence-corrected chi connectivity index (χ4v) is 2.69. The minimum Gasteiger partial charge on any atom is -0.485 e. The second-order valence-electron chi connectivity index (χ2n) is 6.20. The van der Waals surface area contributed by atoms with E-state index in [1.54, 1.807) is 25.1 Å². The average Bonchev–Trinajstić information content (AvgIpc) is 2.76. The van der Waals surface area contributed by atoms with Gasteiger partial charge in [0, 0.05) is 6.54 Å². The first-order chi connectivity index (χ1) is 13.7. The van der Waals surface area contributed by atoms with E-state index < -0.39 is 5.91 Å². The van der Waals surface area contributed by atoms with Gasteiger partial charge in [0.05, 0.1) is 5.56 Å². The number of hydrogen-bond donors (Lipinski definition) is 1. The summed E-state index contributed by atoms with van der Waals surface area (Å²) < 4.78 is 11.9. The summed E-state index contributed by atoms with van der Waals surface area (Å²) in [6.45, 7) is 2.49. The molecule has 1 N–H and O–H groups in total. The number of hydroxylamine groups is 2. The van der Waals surface area contributed by atoms with Crippen molar-refractivity contribution in [2.45, 2.75) is 20.1 Å². The minimum atomic E-state index is -0.532. The standard InChI is InChI=1S/C23H23NO4/c1-2-24(26)23(25)20-14-9-15-21(27-16-18-10-5-3-6-11-18)22(20)28-17-19-12-7-4-8-13-19/h3-15,26H,2,16-17H2,1H3. The maximum absolute atomic E-state index is 12.6. The Morgan fingerprint density at radius 1 is 0.821 bits per heavy atom. The molecule has 3 rings (SSSR count). The second-order valence-corrected chi connectivity index (χ2v) is 6.20. The first kappa shape index (κ1) is 19.5. The SMILES string of the molecule is CCN(O)C(=O)c1cccc(OCc2ccccc2)c1OCc1ccccc1. The molecule has 5 heteroatoms. The number of nitrogens with zero attached hydrogens (tertiary/aromatic N) is 1. The molecule has 28 heavy (non-hydrogen) atoms. The molecule has 5 nitrogen and oxygen atoms in total. The van der Waals surface area contributed by atoms with Gasteiger partial charge in [0.25, 0.3) is 5.91 Å². The van der Waals surface area contributed by atoms with Crippen molar-refractivity contribution in [1.82, 2.24) is 5.06 Å². The molecule has 0 heterocycles. The fourth-order valence-electron chi connectivity index (χ4n) is 2.69. The molecule has 0 aliphatic carbocycles. The lowest BCUT2D eigenvalue weighted by atomic mass is 10.1. The van der Waals surface area contributed by atoms with Crippen molar-refractivity contribution in [1.29, 1.82) is 0 Å². The van der Waals surface area contributed by atoms with E-state index in [2.05, 4.69) is 0 Å². The third-order valence-corrected chi connectivity index (χ3v) is 4.21. The number of carbonyl (C=O) groups is 1. The van der Waals surface area contributed by atoms with Crippen LogP contribution < -0.4 is 9.47 Å². The molecule has 0 fully saturated rings. The average molecular weight is 377 g/mol. The smallest absolute Gasteiger partial charge is 0.281 e. The van der Waals surface area contributed by atoms with Crippen molar-refractivity contribution in [2.24, 2.45) is 0 Å². The lowest BCUT2D eigenvalue weighted by Gasteiger charge is -2.19. The molecule has 144 valence electrons. The highest BCUT2D eigenvalue weighted by Gasteiger charge is 2.21. The van der Waals surface area contributed by atoms with Crippen LogP contribution in [0.4, 0.5) is 0 Å². The maximum atomic E-state index is 12.6. The molecule has 1 amide bonds. The van der Waals surface area contributed by atoms with Crippen molar-refractivity contribution in [2.75, 3.05) is 6.54 Å². The lowest BCUT2D eigenvalue weighted by Crippen LogP contribution is -2.27. The van der Waals surface area contributed by atoms with E-state index in [4.69, 9.17) is 9.47 Å². The first-order valence-electron chi connectivity index (χ1n) is 9.16. The second kappa shape index (κ2) is 9.58. The Morgan fingerprint density at radius 2 is 1.39 bits per heavy atom. The maximum Gasteiger partial charge on any atom is 0.281 e. The van der Waals surface area contributed by atoms with E-state index >= 15 is 0 Å². The van der Waals surface area contributed by atoms with Crippen LogP contribution in [0.5, 0.6) is 11.5 Å². The van der Waals surface area contributed by atoms with E-state index in [-0.39, 0.29) is 18.7 Å². The summed E-state index contributed by atoms with van der Waals surface area (Å²) in [5.41, 5.74) is 2.23. The van der Waals surface area contributed by atoms with Crippen LogP contribution in [0.15, 0.2) is 78.9 Å². The van der Waals surface area contributed by atoms with Gasteiger partial charge in [-0.05, 0) is 30.2 Å². The highest BCUT2D eigenvalue weighted by molar-refractivity contribution is 5.97. The highest BCUT2D eigenvalue weighted by atomic mass is 16.5. The van der Waals surface area contributed by atoms with Crippen molar-refractivity contribution in [3.05, 3.63) is 95.6 Å². The zero-order valence-electron chi connectivity index (χ0n) is 15.7. The molecule has 0 unspecified atom stereocenters. The zero-order chi connectivity index (χ0) is 19.8. The Labute approximate surface area is 164 Å². The lowest BCUT2D eigenvalue weighted by molar-refractivity contribution is -0.0544. The van der Waals surface area contributed by atoms with Gasteiger partial charge in [0.1, 0.15) is 13.2 Å². The van der Waals surface area contributed by atoms with Gasteiger partial charge in [-0.15, -0.1) is 0 Å². The van der Waals surface area contributed by atoms with E-state index in [9.17, 15) is 10.0 Å². The van der Waals surface area contributed by atoms with Crippen LogP contribution >= 0.6 is 0 Å². The van der Waals surface area contributed by atoms with Crippen molar-refractivity contribution >= 4 is 5.91 Å². The van der Waals surface area contributed by atoms with Crippen LogP contribution in [0, 0.1) is 0 Å². The van der Waals surface area contributed by atoms with Gasteiger partial charge in [-0.2, -0.15) is 0 Å². The predicted molar refractivity (Wildman–Crippen MR) is 106 cm³/mol. The third kappa shape index (κ3) is 4.90. The van der Waals surface area contributed by atoms with Gasteiger partial charge in [-0.25, -0.2) is 5.06 Å². The van der Waals surface area contributed by atoms with Crippen molar-refractivity contribution in [3.63, 3.8) is 0 Å². The van der Waals surface area contributed by atoms with Crippen molar-refractivity contribution < 1.29 is 19.5 Å². The fraction of sp³-hybridized carbons (Fsp3) is 0.174. The number of carbonyl (C=O) groups excluding carboxylic acids is 1. The molecule has 0 saturated carbocycles. The Kier molecular flexibility index (Phi) is 6.65. The van der Waals surface area contributed by atoms with Crippen LogP contribution in [0.25, 0.3) is 0 Å². The summed E-state index contributed by atoms with van der Waals surface area (Å²) in [7, 11) is 0. The van der Waals surface area contributed by atoms with Gasteiger partial charge >= 0.3 is 0 Å². The molecule has 0 radical (unpaired) electrons. The Balaban J connectivity index is 1.87. The summed E-state index contributed by atoms with van der Waals surface area (Å²) >= 11 is 0. The molecular formula is C23H23NO4. The number of amides is 1. The van der Waals surface area contributed by atoms with E-state index in [1.807, 2.05) is 60.7 Å². The molecule has 0 atom stereocenters. The van der Waals surface area contributed by atoms with Crippen LogP contribution in [0.2, 0.25) is 0 Å². The summed E-state index contributed by atoms with van der Waals surface area (Å²) in [5.74, 6) is 0.241. The zero-order valence-corrected chi connectivity index (χ0v) is 15.7. The summed E-state index contributed by atoms with van der Waals surface area (Å²) in [6, 6.07) is 24.5. The van der Waals surface area contributed by atoms with Gasteiger partial charge < -0.3 is 9.47 Å². The largest absolute Gasteiger partial charge is 0.485 e. The summed E-state index contributed by atoms with van der Waals surface area (Å²) in [4.78, 5) is 12.6. The quantitative estimate of drug-likeness (QED) is 0.457. The molecule has 0 spiro atoms. The molecule has 0 bridgehead atoms. The molecule has 3 aromatic carbocycles. The number of benzene rings is 3.